The zero-order valence-corrected chi connectivity index (χ0v) is 12.8. The molecule has 2 aromatic heterocycles. The Morgan fingerprint density at radius 2 is 2.10 bits per heavy atom. The van der Waals surface area contributed by atoms with E-state index in [0.29, 0.717) is 0 Å². The summed E-state index contributed by atoms with van der Waals surface area (Å²) in [6.07, 6.45) is 8.05. The van der Waals surface area contributed by atoms with E-state index in [1.807, 2.05) is 18.5 Å². The summed E-state index contributed by atoms with van der Waals surface area (Å²) in [5, 5.41) is 3.47. The Morgan fingerprint density at radius 3 is 2.90 bits per heavy atom. The third kappa shape index (κ3) is 3.10. The second-order valence-electron chi connectivity index (χ2n) is 4.93. The smallest absolute Gasteiger partial charge is 0.151 e. The highest BCUT2D eigenvalue weighted by atomic mass is 79.9. The van der Waals surface area contributed by atoms with Crippen LogP contribution in [0.15, 0.2) is 41.3 Å². The molecule has 1 aliphatic heterocycles. The van der Waals surface area contributed by atoms with E-state index in [-0.39, 0.29) is 0 Å². The SMILES string of the molecule is Brc1cncc(CNc2cccnc2N2CCCC2)c1. The Labute approximate surface area is 127 Å². The number of rotatable bonds is 4. The number of nitrogens with zero attached hydrogens (tertiary/aromatic N) is 3. The molecule has 0 bridgehead atoms. The minimum Gasteiger partial charge on any atom is -0.378 e. The molecule has 2 aromatic rings. The molecule has 1 saturated heterocycles. The van der Waals surface area contributed by atoms with Crippen molar-refractivity contribution < 1.29 is 0 Å². The molecule has 0 spiro atoms. The average molecular weight is 333 g/mol. The van der Waals surface area contributed by atoms with Crippen LogP contribution in [0.3, 0.4) is 0 Å². The molecule has 3 heterocycles. The van der Waals surface area contributed by atoms with Crippen molar-refractivity contribution >= 4 is 27.4 Å². The number of hydrogen-bond donors (Lipinski definition) is 1. The minimum absolute atomic E-state index is 0.749. The van der Waals surface area contributed by atoms with Crippen LogP contribution in [0.4, 0.5) is 11.5 Å². The van der Waals surface area contributed by atoms with Gasteiger partial charge in [-0.15, -0.1) is 0 Å². The fraction of sp³-hybridized carbons (Fsp3) is 0.333. The third-order valence-electron chi connectivity index (χ3n) is 3.44. The molecule has 0 atom stereocenters. The zero-order valence-electron chi connectivity index (χ0n) is 11.2. The van der Waals surface area contributed by atoms with Gasteiger partial charge in [0.15, 0.2) is 5.82 Å². The van der Waals surface area contributed by atoms with Crippen LogP contribution in [0.2, 0.25) is 0 Å². The van der Waals surface area contributed by atoms with Gasteiger partial charge in [0, 0.05) is 42.7 Å². The Balaban J connectivity index is 1.74. The molecule has 0 aromatic carbocycles. The van der Waals surface area contributed by atoms with E-state index < -0.39 is 0 Å². The molecule has 0 radical (unpaired) electrons. The largest absolute Gasteiger partial charge is 0.378 e. The summed E-state index contributed by atoms with van der Waals surface area (Å²) in [7, 11) is 0. The monoisotopic (exact) mass is 332 g/mol. The van der Waals surface area contributed by atoms with Gasteiger partial charge in [0.2, 0.25) is 0 Å². The normalized spacial score (nSPS) is 14.6. The highest BCUT2D eigenvalue weighted by Gasteiger charge is 2.16. The molecule has 20 heavy (non-hydrogen) atoms. The zero-order chi connectivity index (χ0) is 13.8. The molecule has 5 heteroatoms. The van der Waals surface area contributed by atoms with E-state index in [0.717, 1.165) is 41.2 Å². The summed E-state index contributed by atoms with van der Waals surface area (Å²) in [5.74, 6) is 1.06. The van der Waals surface area contributed by atoms with E-state index >= 15 is 0 Å². The minimum atomic E-state index is 0.749. The fourth-order valence-electron chi connectivity index (χ4n) is 2.47. The summed E-state index contributed by atoms with van der Waals surface area (Å²) in [6, 6.07) is 6.14. The number of anilines is 2. The van der Waals surface area contributed by atoms with Gasteiger partial charge in [0.1, 0.15) is 0 Å². The molecular weight excluding hydrogens is 316 g/mol. The van der Waals surface area contributed by atoms with Crippen molar-refractivity contribution in [1.29, 1.82) is 0 Å². The van der Waals surface area contributed by atoms with Crippen molar-refractivity contribution in [3.05, 3.63) is 46.8 Å². The lowest BCUT2D eigenvalue weighted by Gasteiger charge is -2.20. The molecule has 104 valence electrons. The first kappa shape index (κ1) is 13.4. The van der Waals surface area contributed by atoms with Crippen LogP contribution in [-0.4, -0.2) is 23.1 Å². The summed E-state index contributed by atoms with van der Waals surface area (Å²) < 4.78 is 1.00. The highest BCUT2D eigenvalue weighted by molar-refractivity contribution is 9.10. The van der Waals surface area contributed by atoms with E-state index in [1.165, 1.54) is 12.8 Å². The maximum atomic E-state index is 4.53. The van der Waals surface area contributed by atoms with Crippen LogP contribution in [0.1, 0.15) is 18.4 Å². The molecular formula is C15H17BrN4. The van der Waals surface area contributed by atoms with Crippen LogP contribution < -0.4 is 10.2 Å². The van der Waals surface area contributed by atoms with Crippen molar-refractivity contribution in [1.82, 2.24) is 9.97 Å². The fourth-order valence-corrected chi connectivity index (χ4v) is 2.88. The molecule has 1 fully saturated rings. The van der Waals surface area contributed by atoms with Gasteiger partial charge >= 0.3 is 0 Å². The average Bonchev–Trinajstić information content (AvgIpc) is 3.00. The van der Waals surface area contributed by atoms with Crippen molar-refractivity contribution in [2.75, 3.05) is 23.3 Å². The van der Waals surface area contributed by atoms with Gasteiger partial charge in [0.05, 0.1) is 5.69 Å². The lowest BCUT2D eigenvalue weighted by Crippen LogP contribution is -2.20. The van der Waals surface area contributed by atoms with Gasteiger partial charge in [-0.05, 0) is 52.5 Å². The van der Waals surface area contributed by atoms with Gasteiger partial charge in [0.25, 0.3) is 0 Å². The maximum absolute atomic E-state index is 4.53. The first-order valence-electron chi connectivity index (χ1n) is 6.86. The Morgan fingerprint density at radius 1 is 1.25 bits per heavy atom. The molecule has 0 unspecified atom stereocenters. The van der Waals surface area contributed by atoms with Crippen molar-refractivity contribution in [2.24, 2.45) is 0 Å². The van der Waals surface area contributed by atoms with Crippen molar-refractivity contribution in [3.63, 3.8) is 0 Å². The number of halogens is 1. The van der Waals surface area contributed by atoms with E-state index in [1.54, 1.807) is 6.20 Å². The van der Waals surface area contributed by atoms with Gasteiger partial charge in [-0.25, -0.2) is 4.98 Å². The van der Waals surface area contributed by atoms with Crippen LogP contribution in [0.25, 0.3) is 0 Å². The molecule has 3 rings (SSSR count). The van der Waals surface area contributed by atoms with Crippen molar-refractivity contribution in [2.45, 2.75) is 19.4 Å². The highest BCUT2D eigenvalue weighted by Crippen LogP contribution is 2.26. The first-order valence-corrected chi connectivity index (χ1v) is 7.65. The number of nitrogens with one attached hydrogen (secondary N) is 1. The number of hydrogen-bond acceptors (Lipinski definition) is 4. The van der Waals surface area contributed by atoms with Gasteiger partial charge in [-0.2, -0.15) is 0 Å². The predicted molar refractivity (Wildman–Crippen MR) is 84.9 cm³/mol. The summed E-state index contributed by atoms with van der Waals surface area (Å²) >= 11 is 3.45. The predicted octanol–water partition coefficient (Wildman–Crippen LogP) is 3.45. The van der Waals surface area contributed by atoms with Crippen LogP contribution in [0, 0.1) is 0 Å². The molecule has 1 N–H and O–H groups in total. The second-order valence-corrected chi connectivity index (χ2v) is 5.85. The topological polar surface area (TPSA) is 41.1 Å². The lowest BCUT2D eigenvalue weighted by atomic mass is 10.2. The first-order chi connectivity index (χ1) is 9.83. The van der Waals surface area contributed by atoms with E-state index in [9.17, 15) is 0 Å². The number of aromatic nitrogens is 2. The van der Waals surface area contributed by atoms with E-state index in [2.05, 4.69) is 48.2 Å². The van der Waals surface area contributed by atoms with Crippen LogP contribution >= 0.6 is 15.9 Å². The number of pyridine rings is 2. The molecule has 0 amide bonds. The Kier molecular flexibility index (Phi) is 4.16. The van der Waals surface area contributed by atoms with Crippen LogP contribution in [-0.2, 0) is 6.54 Å². The second kappa shape index (κ2) is 6.22. The quantitative estimate of drug-likeness (QED) is 0.930. The maximum Gasteiger partial charge on any atom is 0.151 e. The Bertz CT molecular complexity index is 582. The lowest BCUT2D eigenvalue weighted by molar-refractivity contribution is 0.934. The van der Waals surface area contributed by atoms with Gasteiger partial charge in [-0.3, -0.25) is 4.98 Å². The third-order valence-corrected chi connectivity index (χ3v) is 3.87. The van der Waals surface area contributed by atoms with Gasteiger partial charge < -0.3 is 10.2 Å². The van der Waals surface area contributed by atoms with Gasteiger partial charge in [-0.1, -0.05) is 0 Å². The molecule has 1 aliphatic rings. The molecule has 0 aliphatic carbocycles. The summed E-state index contributed by atoms with van der Waals surface area (Å²) in [5.41, 5.74) is 2.24. The van der Waals surface area contributed by atoms with Crippen molar-refractivity contribution in [3.8, 4) is 0 Å². The Hall–Kier alpha value is -1.62. The summed E-state index contributed by atoms with van der Waals surface area (Å²) in [4.78, 5) is 11.1. The molecule has 4 nitrogen and oxygen atoms in total. The van der Waals surface area contributed by atoms with Crippen LogP contribution in [0.5, 0.6) is 0 Å². The molecule has 0 saturated carbocycles. The standard InChI is InChI=1S/C15H17BrN4/c16-13-8-12(9-17-11-13)10-19-14-4-3-5-18-15(14)20-6-1-2-7-20/h3-5,8-9,11,19H,1-2,6-7,10H2. The summed E-state index contributed by atoms with van der Waals surface area (Å²) in [6.45, 7) is 2.95. The van der Waals surface area contributed by atoms with E-state index in [4.69, 9.17) is 0 Å².